The fourth-order valence-corrected chi connectivity index (χ4v) is 2.75. The van der Waals surface area contributed by atoms with Crippen LogP contribution in [0.1, 0.15) is 11.1 Å². The van der Waals surface area contributed by atoms with Crippen molar-refractivity contribution in [1.29, 1.82) is 0 Å². The number of hydrogen-bond acceptors (Lipinski definition) is 6. The summed E-state index contributed by atoms with van der Waals surface area (Å²) in [7, 11) is 0. The standard InChI is InChI=1S/C13H14BrN5O/c14-10-3-8-1-2-20-13(8)9(4-10)6-16-11-5-12(19-15)18-7-17-11/h3-5,7H,1-2,6,15H2,(H2,16,17,18,19). The molecule has 0 bridgehead atoms. The Kier molecular flexibility index (Phi) is 3.70. The second-order valence-corrected chi connectivity index (χ2v) is 5.35. The molecule has 7 heteroatoms. The Bertz CT molecular complexity index is 634. The monoisotopic (exact) mass is 335 g/mol. The van der Waals surface area contributed by atoms with E-state index < -0.39 is 0 Å². The van der Waals surface area contributed by atoms with Crippen molar-refractivity contribution in [3.63, 3.8) is 0 Å². The molecule has 0 radical (unpaired) electrons. The van der Waals surface area contributed by atoms with Crippen LogP contribution in [0.2, 0.25) is 0 Å². The average Bonchev–Trinajstić information content (AvgIpc) is 2.93. The first-order valence-corrected chi connectivity index (χ1v) is 7.02. The molecule has 0 saturated heterocycles. The minimum Gasteiger partial charge on any atom is -0.493 e. The molecule has 0 aliphatic carbocycles. The number of nitrogen functional groups attached to an aromatic ring is 1. The van der Waals surface area contributed by atoms with Crippen molar-refractivity contribution in [2.45, 2.75) is 13.0 Å². The van der Waals surface area contributed by atoms with Gasteiger partial charge in [0.05, 0.1) is 6.61 Å². The summed E-state index contributed by atoms with van der Waals surface area (Å²) in [6, 6.07) is 5.91. The molecule has 0 saturated carbocycles. The number of nitrogens with one attached hydrogen (secondary N) is 2. The molecule has 2 aromatic rings. The smallest absolute Gasteiger partial charge is 0.145 e. The number of rotatable bonds is 4. The third-order valence-corrected chi connectivity index (χ3v) is 3.56. The van der Waals surface area contributed by atoms with Gasteiger partial charge < -0.3 is 15.5 Å². The highest BCUT2D eigenvalue weighted by Gasteiger charge is 2.17. The van der Waals surface area contributed by atoms with Crippen molar-refractivity contribution in [1.82, 2.24) is 9.97 Å². The van der Waals surface area contributed by atoms with Gasteiger partial charge in [-0.2, -0.15) is 0 Å². The molecule has 1 aromatic heterocycles. The highest BCUT2D eigenvalue weighted by atomic mass is 79.9. The molecule has 2 heterocycles. The van der Waals surface area contributed by atoms with Crippen LogP contribution in [-0.2, 0) is 13.0 Å². The van der Waals surface area contributed by atoms with E-state index in [4.69, 9.17) is 10.6 Å². The summed E-state index contributed by atoms with van der Waals surface area (Å²) in [6.45, 7) is 1.37. The Morgan fingerprint density at radius 2 is 2.10 bits per heavy atom. The van der Waals surface area contributed by atoms with Crippen molar-refractivity contribution >= 4 is 27.6 Å². The fourth-order valence-electron chi connectivity index (χ4n) is 2.20. The largest absolute Gasteiger partial charge is 0.493 e. The maximum Gasteiger partial charge on any atom is 0.145 e. The van der Waals surface area contributed by atoms with E-state index in [2.05, 4.69) is 48.8 Å². The first-order chi connectivity index (χ1) is 9.76. The van der Waals surface area contributed by atoms with Gasteiger partial charge in [0.2, 0.25) is 0 Å². The molecule has 6 nitrogen and oxygen atoms in total. The van der Waals surface area contributed by atoms with Crippen molar-refractivity contribution in [2.75, 3.05) is 17.3 Å². The number of hydrogen-bond donors (Lipinski definition) is 3. The lowest BCUT2D eigenvalue weighted by molar-refractivity contribution is 0.354. The summed E-state index contributed by atoms with van der Waals surface area (Å²) in [5.41, 5.74) is 4.84. The van der Waals surface area contributed by atoms with Crippen LogP contribution in [0.5, 0.6) is 5.75 Å². The van der Waals surface area contributed by atoms with Crippen LogP contribution < -0.4 is 21.3 Å². The summed E-state index contributed by atoms with van der Waals surface area (Å²) in [5.74, 6) is 7.58. The lowest BCUT2D eigenvalue weighted by Gasteiger charge is -2.11. The second kappa shape index (κ2) is 5.64. The number of ether oxygens (including phenoxy) is 1. The Morgan fingerprint density at radius 1 is 1.25 bits per heavy atom. The zero-order valence-corrected chi connectivity index (χ0v) is 12.3. The summed E-state index contributed by atoms with van der Waals surface area (Å²) >= 11 is 3.53. The van der Waals surface area contributed by atoms with E-state index in [9.17, 15) is 0 Å². The number of nitrogens with two attached hydrogens (primary N) is 1. The molecule has 3 rings (SSSR count). The number of nitrogens with zero attached hydrogens (tertiary/aromatic N) is 2. The molecule has 104 valence electrons. The molecular formula is C13H14BrN5O. The topological polar surface area (TPSA) is 85.1 Å². The minimum absolute atomic E-state index is 0.568. The van der Waals surface area contributed by atoms with Crippen LogP contribution in [-0.4, -0.2) is 16.6 Å². The lowest BCUT2D eigenvalue weighted by Crippen LogP contribution is -2.10. The van der Waals surface area contributed by atoms with Crippen molar-refractivity contribution < 1.29 is 4.74 Å². The molecule has 0 atom stereocenters. The summed E-state index contributed by atoms with van der Waals surface area (Å²) in [4.78, 5) is 8.11. The van der Waals surface area contributed by atoms with E-state index >= 15 is 0 Å². The third-order valence-electron chi connectivity index (χ3n) is 3.10. The molecule has 0 amide bonds. The Balaban J connectivity index is 1.78. The maximum atomic E-state index is 5.69. The van der Waals surface area contributed by atoms with Gasteiger partial charge in [-0.1, -0.05) is 15.9 Å². The highest BCUT2D eigenvalue weighted by molar-refractivity contribution is 9.10. The van der Waals surface area contributed by atoms with Crippen LogP contribution in [0, 0.1) is 0 Å². The Hall–Kier alpha value is -1.86. The van der Waals surface area contributed by atoms with Gasteiger partial charge in [0.25, 0.3) is 0 Å². The SMILES string of the molecule is NNc1cc(NCc2cc(Br)cc3c2OCC3)ncn1. The summed E-state index contributed by atoms with van der Waals surface area (Å²) < 4.78 is 6.75. The van der Waals surface area contributed by atoms with Crippen LogP contribution >= 0.6 is 15.9 Å². The zero-order valence-electron chi connectivity index (χ0n) is 10.7. The molecule has 20 heavy (non-hydrogen) atoms. The number of fused-ring (bicyclic) bond motifs is 1. The van der Waals surface area contributed by atoms with Gasteiger partial charge in [-0.25, -0.2) is 15.8 Å². The van der Waals surface area contributed by atoms with Gasteiger partial charge in [0.15, 0.2) is 0 Å². The molecule has 0 unspecified atom stereocenters. The normalized spacial score (nSPS) is 12.7. The predicted octanol–water partition coefficient (Wildman–Crippen LogP) is 2.07. The van der Waals surface area contributed by atoms with E-state index in [1.807, 2.05) is 0 Å². The third kappa shape index (κ3) is 2.68. The first-order valence-electron chi connectivity index (χ1n) is 6.23. The first kappa shape index (κ1) is 13.1. The van der Waals surface area contributed by atoms with E-state index in [0.29, 0.717) is 18.2 Å². The fraction of sp³-hybridized carbons (Fsp3) is 0.231. The quantitative estimate of drug-likeness (QED) is 0.585. The van der Waals surface area contributed by atoms with Crippen LogP contribution in [0.25, 0.3) is 0 Å². The second-order valence-electron chi connectivity index (χ2n) is 4.44. The van der Waals surface area contributed by atoms with Gasteiger partial charge >= 0.3 is 0 Å². The Labute approximate surface area is 124 Å². The van der Waals surface area contributed by atoms with E-state index in [1.165, 1.54) is 11.9 Å². The van der Waals surface area contributed by atoms with E-state index in [-0.39, 0.29) is 0 Å². The van der Waals surface area contributed by atoms with Gasteiger partial charge in [-0.05, 0) is 17.7 Å². The molecule has 0 fully saturated rings. The average molecular weight is 336 g/mol. The van der Waals surface area contributed by atoms with E-state index in [1.54, 1.807) is 6.07 Å². The van der Waals surface area contributed by atoms with Gasteiger partial charge in [0, 0.05) is 29.1 Å². The molecule has 1 aromatic carbocycles. The van der Waals surface area contributed by atoms with Crippen LogP contribution in [0.15, 0.2) is 29.0 Å². The van der Waals surface area contributed by atoms with Gasteiger partial charge in [-0.3, -0.25) is 0 Å². The maximum absolute atomic E-state index is 5.69. The lowest BCUT2D eigenvalue weighted by atomic mass is 10.1. The van der Waals surface area contributed by atoms with Gasteiger partial charge in [0.1, 0.15) is 23.7 Å². The number of aromatic nitrogens is 2. The molecular weight excluding hydrogens is 322 g/mol. The number of benzene rings is 1. The van der Waals surface area contributed by atoms with Crippen molar-refractivity contribution in [2.24, 2.45) is 5.84 Å². The summed E-state index contributed by atoms with van der Waals surface area (Å²) in [5, 5.41) is 3.25. The molecule has 4 N–H and O–H groups in total. The Morgan fingerprint density at radius 3 is 2.95 bits per heavy atom. The number of anilines is 2. The zero-order chi connectivity index (χ0) is 13.9. The van der Waals surface area contributed by atoms with E-state index in [0.717, 1.165) is 28.8 Å². The van der Waals surface area contributed by atoms with Gasteiger partial charge in [-0.15, -0.1) is 0 Å². The minimum atomic E-state index is 0.568. The molecule has 0 spiro atoms. The number of hydrazine groups is 1. The van der Waals surface area contributed by atoms with Crippen molar-refractivity contribution in [3.8, 4) is 5.75 Å². The highest BCUT2D eigenvalue weighted by Crippen LogP contribution is 2.33. The summed E-state index contributed by atoms with van der Waals surface area (Å²) in [6.07, 6.45) is 2.41. The molecule has 1 aliphatic rings. The van der Waals surface area contributed by atoms with Crippen molar-refractivity contribution in [3.05, 3.63) is 40.1 Å². The van der Waals surface area contributed by atoms with Crippen LogP contribution in [0.4, 0.5) is 11.6 Å². The molecule has 1 aliphatic heterocycles. The van der Waals surface area contributed by atoms with Crippen LogP contribution in [0.3, 0.4) is 0 Å². The number of halogens is 1. The predicted molar refractivity (Wildman–Crippen MR) is 80.5 cm³/mol.